The van der Waals surface area contributed by atoms with Crippen molar-refractivity contribution in [2.45, 2.75) is 19.4 Å². The molecule has 1 aliphatic heterocycles. The number of aromatic nitrogens is 1. The van der Waals surface area contributed by atoms with Gasteiger partial charge in [0.2, 0.25) is 0 Å². The Morgan fingerprint density at radius 3 is 2.91 bits per heavy atom. The van der Waals surface area contributed by atoms with Gasteiger partial charge in [0, 0.05) is 6.42 Å². The van der Waals surface area contributed by atoms with Crippen molar-refractivity contribution < 1.29 is 14.5 Å². The van der Waals surface area contributed by atoms with Crippen molar-refractivity contribution in [1.82, 2.24) is 0 Å². The molecule has 5 N–H and O–H groups in total. The molecule has 1 aromatic heterocycles. The van der Waals surface area contributed by atoms with Crippen molar-refractivity contribution in [3.8, 4) is 17.7 Å². The van der Waals surface area contributed by atoms with Gasteiger partial charge < -0.3 is 15.2 Å². The van der Waals surface area contributed by atoms with Gasteiger partial charge in [0.1, 0.15) is 24.5 Å². The number of rotatable bonds is 3. The minimum absolute atomic E-state index is 0.165. The van der Waals surface area contributed by atoms with Gasteiger partial charge in [0.25, 0.3) is 11.7 Å². The second-order valence-electron chi connectivity index (χ2n) is 5.27. The normalized spacial score (nSPS) is 15.7. The largest absolute Gasteiger partial charge is 0.489 e. The number of hydrogen-bond acceptors (Lipinski definition) is 5. The fourth-order valence-electron chi connectivity index (χ4n) is 2.53. The SMILES string of the molecule is Cc1ccccc1OCC1Cc2c([nH+]c(N)c(C#N)c2N)O1. The molecule has 0 saturated carbocycles. The Bertz CT molecular complexity index is 767. The topological polar surface area (TPSA) is 108 Å². The third kappa shape index (κ3) is 2.37. The van der Waals surface area contributed by atoms with Crippen LogP contribution in [0.2, 0.25) is 0 Å². The van der Waals surface area contributed by atoms with E-state index in [-0.39, 0.29) is 17.5 Å². The zero-order chi connectivity index (χ0) is 15.7. The van der Waals surface area contributed by atoms with Gasteiger partial charge in [-0.15, -0.1) is 0 Å². The molecule has 2 heterocycles. The van der Waals surface area contributed by atoms with E-state index in [1.54, 1.807) is 0 Å². The number of aromatic amines is 1. The maximum atomic E-state index is 9.08. The number of nitriles is 1. The van der Waals surface area contributed by atoms with E-state index in [2.05, 4.69) is 4.98 Å². The van der Waals surface area contributed by atoms with Gasteiger partial charge in [0.05, 0.1) is 11.3 Å². The second-order valence-corrected chi connectivity index (χ2v) is 5.27. The number of anilines is 2. The van der Waals surface area contributed by atoms with Crippen molar-refractivity contribution in [3.63, 3.8) is 0 Å². The molecule has 2 aromatic rings. The number of ether oxygens (including phenoxy) is 2. The smallest absolute Gasteiger partial charge is 0.293 e. The lowest BCUT2D eigenvalue weighted by atomic mass is 10.1. The summed E-state index contributed by atoms with van der Waals surface area (Å²) in [4.78, 5) is 2.89. The van der Waals surface area contributed by atoms with Gasteiger partial charge >= 0.3 is 0 Å². The monoisotopic (exact) mass is 297 g/mol. The molecule has 1 aromatic carbocycles. The number of nitrogen functional groups attached to an aromatic ring is 2. The Labute approximate surface area is 128 Å². The molecule has 1 atom stereocenters. The van der Waals surface area contributed by atoms with Gasteiger partial charge in [-0.05, 0) is 18.6 Å². The lowest BCUT2D eigenvalue weighted by molar-refractivity contribution is -0.377. The fraction of sp³-hybridized carbons (Fsp3) is 0.250. The molecule has 0 spiro atoms. The van der Waals surface area contributed by atoms with Gasteiger partial charge in [-0.3, -0.25) is 5.73 Å². The van der Waals surface area contributed by atoms with Crippen molar-refractivity contribution in [1.29, 1.82) is 5.26 Å². The van der Waals surface area contributed by atoms with E-state index >= 15 is 0 Å². The summed E-state index contributed by atoms with van der Waals surface area (Å²) in [5.41, 5.74) is 14.3. The van der Waals surface area contributed by atoms with Crippen LogP contribution in [0.5, 0.6) is 11.6 Å². The minimum Gasteiger partial charge on any atom is -0.489 e. The summed E-state index contributed by atoms with van der Waals surface area (Å²) in [6.07, 6.45) is 0.417. The van der Waals surface area contributed by atoms with Crippen molar-refractivity contribution >= 4 is 11.5 Å². The van der Waals surface area contributed by atoms with Crippen LogP contribution in [0.1, 0.15) is 16.7 Å². The van der Waals surface area contributed by atoms with E-state index in [0.29, 0.717) is 24.6 Å². The number of benzene rings is 1. The van der Waals surface area contributed by atoms with Crippen LogP contribution in [-0.2, 0) is 6.42 Å². The first kappa shape index (κ1) is 14.0. The van der Waals surface area contributed by atoms with E-state index in [1.807, 2.05) is 37.3 Å². The molecule has 0 aliphatic carbocycles. The number of nitrogens with zero attached hydrogens (tertiary/aromatic N) is 1. The average Bonchev–Trinajstić information content (AvgIpc) is 2.90. The predicted molar refractivity (Wildman–Crippen MR) is 81.3 cm³/mol. The molecule has 0 fully saturated rings. The van der Waals surface area contributed by atoms with Crippen molar-refractivity contribution in [2.24, 2.45) is 0 Å². The van der Waals surface area contributed by atoms with E-state index in [4.69, 9.17) is 26.2 Å². The van der Waals surface area contributed by atoms with Crippen molar-refractivity contribution in [2.75, 3.05) is 18.1 Å². The molecule has 6 heteroatoms. The van der Waals surface area contributed by atoms with Crippen LogP contribution in [0.4, 0.5) is 11.5 Å². The van der Waals surface area contributed by atoms with Crippen LogP contribution in [0, 0.1) is 18.3 Å². The molecule has 1 aliphatic rings. The first-order valence-corrected chi connectivity index (χ1v) is 6.98. The summed E-state index contributed by atoms with van der Waals surface area (Å²) in [6.45, 7) is 2.39. The van der Waals surface area contributed by atoms with Crippen LogP contribution < -0.4 is 25.9 Å². The third-order valence-corrected chi connectivity index (χ3v) is 3.73. The zero-order valence-corrected chi connectivity index (χ0v) is 12.2. The quantitative estimate of drug-likeness (QED) is 0.885. The van der Waals surface area contributed by atoms with E-state index in [9.17, 15) is 0 Å². The number of hydrogen-bond donors (Lipinski definition) is 2. The molecule has 0 saturated heterocycles. The Hall–Kier alpha value is -2.94. The van der Waals surface area contributed by atoms with Crippen LogP contribution in [0.15, 0.2) is 24.3 Å². The first-order chi connectivity index (χ1) is 10.6. The fourth-order valence-corrected chi connectivity index (χ4v) is 2.53. The Kier molecular flexibility index (Phi) is 3.47. The Morgan fingerprint density at radius 1 is 1.41 bits per heavy atom. The summed E-state index contributed by atoms with van der Waals surface area (Å²) in [6, 6.07) is 9.81. The molecule has 0 radical (unpaired) electrons. The number of fused-ring (bicyclic) bond motifs is 1. The van der Waals surface area contributed by atoms with Gasteiger partial charge in [-0.1, -0.05) is 18.2 Å². The number of pyridine rings is 1. The predicted octanol–water partition coefficient (Wildman–Crippen LogP) is 1.23. The molecule has 3 rings (SSSR count). The van der Waals surface area contributed by atoms with Crippen LogP contribution in [-0.4, -0.2) is 12.7 Å². The Balaban J connectivity index is 1.74. The first-order valence-electron chi connectivity index (χ1n) is 6.98. The number of para-hydroxylation sites is 1. The van der Waals surface area contributed by atoms with E-state index in [1.165, 1.54) is 0 Å². The summed E-state index contributed by atoms with van der Waals surface area (Å²) < 4.78 is 11.6. The van der Waals surface area contributed by atoms with Crippen LogP contribution in [0.3, 0.4) is 0 Å². The molecule has 22 heavy (non-hydrogen) atoms. The summed E-state index contributed by atoms with van der Waals surface area (Å²) >= 11 is 0. The third-order valence-electron chi connectivity index (χ3n) is 3.73. The number of nitrogens with two attached hydrogens (primary N) is 2. The molecular weight excluding hydrogens is 280 g/mol. The average molecular weight is 297 g/mol. The zero-order valence-electron chi connectivity index (χ0n) is 12.2. The van der Waals surface area contributed by atoms with Crippen LogP contribution >= 0.6 is 0 Å². The molecule has 0 amide bonds. The van der Waals surface area contributed by atoms with Gasteiger partial charge in [-0.2, -0.15) is 5.26 Å². The lowest BCUT2D eigenvalue weighted by Crippen LogP contribution is -2.24. The maximum Gasteiger partial charge on any atom is 0.293 e. The highest BCUT2D eigenvalue weighted by molar-refractivity contribution is 5.68. The molecule has 0 bridgehead atoms. The number of nitrogens with one attached hydrogen (secondary N) is 1. The van der Waals surface area contributed by atoms with Gasteiger partial charge in [-0.25, -0.2) is 4.98 Å². The second kappa shape index (κ2) is 5.45. The highest BCUT2D eigenvalue weighted by Gasteiger charge is 2.32. The maximum absolute atomic E-state index is 9.08. The summed E-state index contributed by atoms with van der Waals surface area (Å²) in [5, 5.41) is 9.08. The molecular formula is C16H17N4O2+. The molecule has 6 nitrogen and oxygen atoms in total. The van der Waals surface area contributed by atoms with Crippen LogP contribution in [0.25, 0.3) is 0 Å². The highest BCUT2D eigenvalue weighted by atomic mass is 16.5. The number of aryl methyl sites for hydroxylation is 1. The van der Waals surface area contributed by atoms with E-state index in [0.717, 1.165) is 16.9 Å². The van der Waals surface area contributed by atoms with Gasteiger partial charge in [0.15, 0.2) is 5.56 Å². The highest BCUT2D eigenvalue weighted by Crippen LogP contribution is 2.33. The molecule has 112 valence electrons. The summed E-state index contributed by atoms with van der Waals surface area (Å²) in [7, 11) is 0. The standard InChI is InChI=1S/C16H16N4O2/c1-9-4-2-3-5-13(9)21-8-10-6-11-14(18)12(7-17)15(19)20-16(11)22-10/h2-5,10H,6,8H2,1H3,(H4,18,19,20)/p+1. The van der Waals surface area contributed by atoms with E-state index < -0.39 is 0 Å². The Morgan fingerprint density at radius 2 is 2.18 bits per heavy atom. The summed E-state index contributed by atoms with van der Waals surface area (Å²) in [5.74, 6) is 1.57. The minimum atomic E-state index is -0.165. The lowest BCUT2D eigenvalue weighted by Gasteiger charge is -2.12. The van der Waals surface area contributed by atoms with Crippen molar-refractivity contribution in [3.05, 3.63) is 41.0 Å². The number of H-pyrrole nitrogens is 1. The molecule has 1 unspecified atom stereocenters.